The van der Waals surface area contributed by atoms with Crippen LogP contribution in [0.15, 0.2) is 36.4 Å². The van der Waals surface area contributed by atoms with Crippen molar-refractivity contribution in [3.05, 3.63) is 63.9 Å². The van der Waals surface area contributed by atoms with E-state index in [1.165, 1.54) is 30.3 Å². The quantitative estimate of drug-likeness (QED) is 0.593. The highest BCUT2D eigenvalue weighted by atomic mass is 35.5. The van der Waals surface area contributed by atoms with E-state index in [4.69, 9.17) is 26.2 Å². The second-order valence-corrected chi connectivity index (χ2v) is 7.45. The molecule has 31 heavy (non-hydrogen) atoms. The van der Waals surface area contributed by atoms with Crippen molar-refractivity contribution in [3.8, 4) is 5.75 Å². The van der Waals surface area contributed by atoms with Gasteiger partial charge in [0.25, 0.3) is 0 Å². The number of hydrogen-bond acceptors (Lipinski definition) is 4. The van der Waals surface area contributed by atoms with Crippen molar-refractivity contribution in [3.63, 3.8) is 0 Å². The van der Waals surface area contributed by atoms with Crippen molar-refractivity contribution in [2.45, 2.75) is 25.3 Å². The highest BCUT2D eigenvalue weighted by Gasteiger charge is 2.37. The Kier molecular flexibility index (Phi) is 7.40. The molecule has 10 heteroatoms. The lowest BCUT2D eigenvalue weighted by molar-refractivity contribution is -0.140. The molecule has 0 radical (unpaired) electrons. The van der Waals surface area contributed by atoms with E-state index >= 15 is 0 Å². The average molecular weight is 462 g/mol. The number of alkyl halides is 3. The van der Waals surface area contributed by atoms with Gasteiger partial charge in [0.1, 0.15) is 18.2 Å². The molecule has 1 N–H and O–H groups in total. The second kappa shape index (κ2) is 9.84. The molecule has 1 unspecified atom stereocenters. The van der Waals surface area contributed by atoms with Crippen LogP contribution in [-0.2, 0) is 22.3 Å². The number of rotatable bonds is 7. The lowest BCUT2D eigenvalue weighted by Gasteiger charge is -2.34. The van der Waals surface area contributed by atoms with Crippen LogP contribution in [0.1, 0.15) is 29.2 Å². The van der Waals surface area contributed by atoms with Gasteiger partial charge < -0.3 is 14.6 Å². The van der Waals surface area contributed by atoms with Crippen LogP contribution in [0.2, 0.25) is 5.02 Å². The van der Waals surface area contributed by atoms with Gasteiger partial charge in [-0.25, -0.2) is 4.39 Å². The van der Waals surface area contributed by atoms with Crippen LogP contribution in [0.5, 0.6) is 5.75 Å². The van der Waals surface area contributed by atoms with Gasteiger partial charge in [0.2, 0.25) is 0 Å². The van der Waals surface area contributed by atoms with E-state index in [9.17, 15) is 22.4 Å². The van der Waals surface area contributed by atoms with E-state index in [-0.39, 0.29) is 54.6 Å². The fourth-order valence-corrected chi connectivity index (χ4v) is 3.54. The topological polar surface area (TPSA) is 59.0 Å². The van der Waals surface area contributed by atoms with Crippen molar-refractivity contribution in [2.75, 3.05) is 26.2 Å². The average Bonchev–Trinajstić information content (AvgIpc) is 2.71. The van der Waals surface area contributed by atoms with Crippen LogP contribution in [0.4, 0.5) is 17.6 Å². The SMILES string of the molecule is O=C(O)CCN1CCOC(c2ccc(OCc3c(F)cccc3Cl)cc2C(F)(F)F)C1. The van der Waals surface area contributed by atoms with Crippen LogP contribution in [-0.4, -0.2) is 42.2 Å². The van der Waals surface area contributed by atoms with Crippen molar-refractivity contribution >= 4 is 17.6 Å². The minimum atomic E-state index is -4.67. The van der Waals surface area contributed by atoms with Crippen LogP contribution in [0.25, 0.3) is 0 Å². The molecule has 168 valence electrons. The molecular weight excluding hydrogens is 442 g/mol. The number of ether oxygens (including phenoxy) is 2. The fourth-order valence-electron chi connectivity index (χ4n) is 3.32. The molecule has 2 aromatic carbocycles. The number of carbonyl (C=O) groups is 1. The van der Waals surface area contributed by atoms with E-state index in [0.717, 1.165) is 6.07 Å². The lowest BCUT2D eigenvalue weighted by atomic mass is 10.00. The Morgan fingerprint density at radius 1 is 1.29 bits per heavy atom. The number of benzene rings is 2. The first-order chi connectivity index (χ1) is 14.6. The third-order valence-corrected chi connectivity index (χ3v) is 5.27. The maximum absolute atomic E-state index is 13.9. The number of aliphatic carboxylic acids is 1. The summed E-state index contributed by atoms with van der Waals surface area (Å²) in [7, 11) is 0. The first-order valence-electron chi connectivity index (χ1n) is 9.47. The smallest absolute Gasteiger partial charge is 0.416 e. The predicted octanol–water partition coefficient (Wildman–Crippen LogP) is 4.92. The van der Waals surface area contributed by atoms with Gasteiger partial charge in [0.15, 0.2) is 0 Å². The molecule has 1 saturated heterocycles. The second-order valence-electron chi connectivity index (χ2n) is 7.04. The Balaban J connectivity index is 1.79. The van der Waals surface area contributed by atoms with Crippen LogP contribution < -0.4 is 4.74 Å². The molecule has 0 aromatic heterocycles. The molecule has 1 aliphatic heterocycles. The molecule has 0 amide bonds. The highest BCUT2D eigenvalue weighted by Crippen LogP contribution is 2.39. The molecule has 1 fully saturated rings. The summed E-state index contributed by atoms with van der Waals surface area (Å²) in [6, 6.07) is 7.55. The molecule has 0 spiro atoms. The van der Waals surface area contributed by atoms with Gasteiger partial charge in [0, 0.05) is 25.2 Å². The van der Waals surface area contributed by atoms with Crippen LogP contribution in [0.3, 0.4) is 0 Å². The summed E-state index contributed by atoms with van der Waals surface area (Å²) in [5.74, 6) is -1.68. The normalized spacial score (nSPS) is 17.5. The Hall–Kier alpha value is -2.36. The predicted molar refractivity (Wildman–Crippen MR) is 105 cm³/mol. The summed E-state index contributed by atoms with van der Waals surface area (Å²) in [4.78, 5) is 12.5. The van der Waals surface area contributed by atoms with Crippen molar-refractivity contribution < 1.29 is 36.9 Å². The molecular formula is C21H20ClF4NO4. The molecule has 1 atom stereocenters. The van der Waals surface area contributed by atoms with E-state index in [0.29, 0.717) is 6.54 Å². The van der Waals surface area contributed by atoms with E-state index in [1.807, 2.05) is 0 Å². The maximum Gasteiger partial charge on any atom is 0.416 e. The number of carboxylic acid groups (broad SMARTS) is 1. The first-order valence-corrected chi connectivity index (χ1v) is 9.85. The summed E-state index contributed by atoms with van der Waals surface area (Å²) in [5, 5.41) is 8.94. The number of carboxylic acids is 1. The van der Waals surface area contributed by atoms with E-state index in [2.05, 4.69) is 0 Å². The van der Waals surface area contributed by atoms with Gasteiger partial charge in [-0.2, -0.15) is 13.2 Å². The number of nitrogens with zero attached hydrogens (tertiary/aromatic N) is 1. The lowest BCUT2D eigenvalue weighted by Crippen LogP contribution is -2.40. The Bertz CT molecular complexity index is 918. The molecule has 0 saturated carbocycles. The third-order valence-electron chi connectivity index (χ3n) is 4.91. The van der Waals surface area contributed by atoms with Gasteiger partial charge in [-0.05, 0) is 29.8 Å². The molecule has 5 nitrogen and oxygen atoms in total. The number of halogens is 5. The monoisotopic (exact) mass is 461 g/mol. The van der Waals surface area contributed by atoms with Gasteiger partial charge in [-0.1, -0.05) is 23.7 Å². The minimum absolute atomic E-state index is 0.0477. The number of hydrogen-bond donors (Lipinski definition) is 1. The largest absolute Gasteiger partial charge is 0.489 e. The zero-order valence-electron chi connectivity index (χ0n) is 16.3. The third kappa shape index (κ3) is 6.09. The Morgan fingerprint density at radius 2 is 2.06 bits per heavy atom. The van der Waals surface area contributed by atoms with Crippen LogP contribution in [0, 0.1) is 5.82 Å². The standard InChI is InChI=1S/C21H20ClF4NO4/c22-17-2-1-3-18(23)15(17)12-31-13-4-5-14(16(10-13)21(24,25)26)19-11-27(8-9-30-19)7-6-20(28)29/h1-5,10,19H,6-9,11-12H2,(H,28,29). The van der Waals surface area contributed by atoms with Crippen molar-refractivity contribution in [1.29, 1.82) is 0 Å². The molecule has 2 aromatic rings. The summed E-state index contributed by atoms with van der Waals surface area (Å²) in [6.45, 7) is 0.662. The Morgan fingerprint density at radius 3 is 2.74 bits per heavy atom. The molecule has 1 aliphatic rings. The highest BCUT2D eigenvalue weighted by molar-refractivity contribution is 6.31. The maximum atomic E-state index is 13.9. The fraction of sp³-hybridized carbons (Fsp3) is 0.381. The van der Waals surface area contributed by atoms with Crippen molar-refractivity contribution in [2.24, 2.45) is 0 Å². The minimum Gasteiger partial charge on any atom is -0.489 e. The van der Waals surface area contributed by atoms with Gasteiger partial charge in [-0.3, -0.25) is 9.69 Å². The molecule has 0 aliphatic carbocycles. The van der Waals surface area contributed by atoms with Crippen LogP contribution >= 0.6 is 11.6 Å². The molecule has 3 rings (SSSR count). The zero-order chi connectivity index (χ0) is 22.6. The summed E-state index contributed by atoms with van der Waals surface area (Å²) in [5.41, 5.74) is -0.940. The summed E-state index contributed by atoms with van der Waals surface area (Å²) in [6.07, 6.45) is -5.64. The zero-order valence-corrected chi connectivity index (χ0v) is 17.0. The summed E-state index contributed by atoms with van der Waals surface area (Å²) < 4.78 is 66.0. The first kappa shape index (κ1) is 23.3. The van der Waals surface area contributed by atoms with E-state index in [1.54, 1.807) is 4.90 Å². The molecule has 0 bridgehead atoms. The molecule has 1 heterocycles. The van der Waals surface area contributed by atoms with Gasteiger partial charge >= 0.3 is 12.1 Å². The van der Waals surface area contributed by atoms with E-state index < -0.39 is 29.6 Å². The van der Waals surface area contributed by atoms with Crippen molar-refractivity contribution in [1.82, 2.24) is 4.90 Å². The van der Waals surface area contributed by atoms with Gasteiger partial charge in [0.05, 0.1) is 29.7 Å². The van der Waals surface area contributed by atoms with Gasteiger partial charge in [-0.15, -0.1) is 0 Å². The Labute approximate surface area is 181 Å². The summed E-state index contributed by atoms with van der Waals surface area (Å²) >= 11 is 5.93. The number of morpholine rings is 1.